The summed E-state index contributed by atoms with van der Waals surface area (Å²) in [4.78, 5) is 29.0. The van der Waals surface area contributed by atoms with E-state index < -0.39 is 0 Å². The molecule has 0 saturated carbocycles. The van der Waals surface area contributed by atoms with Crippen molar-refractivity contribution in [2.24, 2.45) is 5.92 Å². The standard InChI is InChI=1S/C12H18N4O3/c1-19-12(18)10-2-5-15(6-3-10)11(17)4-7-16-9-13-8-14-16/h8-10H,2-7H2,1H3. The highest BCUT2D eigenvalue weighted by atomic mass is 16.5. The van der Waals surface area contributed by atoms with Gasteiger partial charge in [0.1, 0.15) is 12.7 Å². The number of rotatable bonds is 4. The van der Waals surface area contributed by atoms with Crippen LogP contribution in [0.1, 0.15) is 19.3 Å². The Morgan fingerprint density at radius 3 is 2.68 bits per heavy atom. The highest BCUT2D eigenvalue weighted by Crippen LogP contribution is 2.18. The minimum absolute atomic E-state index is 0.0654. The van der Waals surface area contributed by atoms with Crippen molar-refractivity contribution < 1.29 is 14.3 Å². The maximum atomic E-state index is 12.0. The Morgan fingerprint density at radius 2 is 2.11 bits per heavy atom. The highest BCUT2D eigenvalue weighted by molar-refractivity contribution is 5.77. The molecule has 0 radical (unpaired) electrons. The molecule has 0 bridgehead atoms. The van der Waals surface area contributed by atoms with Crippen molar-refractivity contribution in [3.05, 3.63) is 12.7 Å². The summed E-state index contributed by atoms with van der Waals surface area (Å²) >= 11 is 0. The Kier molecular flexibility index (Phi) is 4.48. The van der Waals surface area contributed by atoms with E-state index in [1.807, 2.05) is 0 Å². The number of hydrogen-bond donors (Lipinski definition) is 0. The highest BCUT2D eigenvalue weighted by Gasteiger charge is 2.27. The van der Waals surface area contributed by atoms with Crippen molar-refractivity contribution in [3.8, 4) is 0 Å². The quantitative estimate of drug-likeness (QED) is 0.721. The number of aryl methyl sites for hydroxylation is 1. The minimum atomic E-state index is -0.172. The van der Waals surface area contributed by atoms with E-state index in [0.717, 1.165) is 0 Å². The predicted octanol–water partition coefficient (Wildman–Crippen LogP) is 0.0798. The van der Waals surface area contributed by atoms with Gasteiger partial charge in [-0.25, -0.2) is 4.98 Å². The zero-order valence-electron chi connectivity index (χ0n) is 11.0. The molecule has 0 N–H and O–H groups in total. The van der Waals surface area contributed by atoms with Crippen molar-refractivity contribution in [1.82, 2.24) is 19.7 Å². The first-order valence-corrected chi connectivity index (χ1v) is 6.38. The molecule has 1 fully saturated rings. The monoisotopic (exact) mass is 266 g/mol. The third kappa shape index (κ3) is 3.52. The lowest BCUT2D eigenvalue weighted by molar-refractivity contribution is -0.148. The number of nitrogens with zero attached hydrogens (tertiary/aromatic N) is 4. The van der Waals surface area contributed by atoms with Gasteiger partial charge >= 0.3 is 5.97 Å². The summed E-state index contributed by atoms with van der Waals surface area (Å²) in [6.07, 6.45) is 4.82. The number of esters is 1. The van der Waals surface area contributed by atoms with Crippen LogP contribution < -0.4 is 0 Å². The number of likely N-dealkylation sites (tertiary alicyclic amines) is 1. The van der Waals surface area contributed by atoms with Crippen LogP contribution in [0, 0.1) is 5.92 Å². The first-order valence-electron chi connectivity index (χ1n) is 6.38. The molecule has 7 nitrogen and oxygen atoms in total. The van der Waals surface area contributed by atoms with Crippen molar-refractivity contribution >= 4 is 11.9 Å². The molecule has 1 aliphatic rings. The molecule has 1 saturated heterocycles. The molecule has 0 unspecified atom stereocenters. The molecule has 2 rings (SSSR count). The maximum absolute atomic E-state index is 12.0. The van der Waals surface area contributed by atoms with E-state index in [-0.39, 0.29) is 17.8 Å². The van der Waals surface area contributed by atoms with Crippen LogP contribution in [0.15, 0.2) is 12.7 Å². The molecular formula is C12H18N4O3. The van der Waals surface area contributed by atoms with Gasteiger partial charge in [0.25, 0.3) is 0 Å². The van der Waals surface area contributed by atoms with Gasteiger partial charge in [-0.1, -0.05) is 0 Å². The number of methoxy groups -OCH3 is 1. The second-order valence-electron chi connectivity index (χ2n) is 4.59. The molecule has 19 heavy (non-hydrogen) atoms. The molecule has 1 amide bonds. The third-order valence-electron chi connectivity index (χ3n) is 3.40. The van der Waals surface area contributed by atoms with E-state index in [4.69, 9.17) is 4.74 Å². The van der Waals surface area contributed by atoms with Crippen LogP contribution in [0.4, 0.5) is 0 Å². The van der Waals surface area contributed by atoms with E-state index >= 15 is 0 Å². The number of hydrogen-bond acceptors (Lipinski definition) is 5. The van der Waals surface area contributed by atoms with E-state index in [1.165, 1.54) is 13.4 Å². The number of amides is 1. The number of aromatic nitrogens is 3. The fourth-order valence-corrected chi connectivity index (χ4v) is 2.25. The Balaban J connectivity index is 1.74. The van der Waals surface area contributed by atoms with Crippen LogP contribution in [0.3, 0.4) is 0 Å². The zero-order valence-corrected chi connectivity index (χ0v) is 11.0. The second kappa shape index (κ2) is 6.31. The van der Waals surface area contributed by atoms with Crippen molar-refractivity contribution in [1.29, 1.82) is 0 Å². The lowest BCUT2D eigenvalue weighted by Gasteiger charge is -2.30. The topological polar surface area (TPSA) is 77.3 Å². The van der Waals surface area contributed by atoms with Gasteiger partial charge < -0.3 is 9.64 Å². The van der Waals surface area contributed by atoms with E-state index in [9.17, 15) is 9.59 Å². The fourth-order valence-electron chi connectivity index (χ4n) is 2.25. The molecule has 0 aromatic carbocycles. The molecule has 2 heterocycles. The van der Waals surface area contributed by atoms with Gasteiger partial charge in [0, 0.05) is 19.5 Å². The molecule has 0 spiro atoms. The molecular weight excluding hydrogens is 248 g/mol. The normalized spacial score (nSPS) is 16.4. The summed E-state index contributed by atoms with van der Waals surface area (Å²) in [5.41, 5.74) is 0. The molecule has 1 aliphatic heterocycles. The lowest BCUT2D eigenvalue weighted by Crippen LogP contribution is -2.40. The molecule has 0 atom stereocenters. The van der Waals surface area contributed by atoms with Gasteiger partial charge in [0.2, 0.25) is 5.91 Å². The number of carbonyl (C=O) groups excluding carboxylic acids is 2. The van der Waals surface area contributed by atoms with E-state index in [1.54, 1.807) is 15.9 Å². The molecule has 104 valence electrons. The van der Waals surface area contributed by atoms with Crippen LogP contribution in [-0.2, 0) is 20.9 Å². The Labute approximate surface area is 111 Å². The first-order chi connectivity index (χ1) is 9.20. The largest absolute Gasteiger partial charge is 0.469 e. The SMILES string of the molecule is COC(=O)C1CCN(C(=O)CCn2cncn2)CC1. The Morgan fingerprint density at radius 1 is 1.37 bits per heavy atom. The van der Waals surface area contributed by atoms with Gasteiger partial charge in [0.15, 0.2) is 0 Å². The average molecular weight is 266 g/mol. The van der Waals surface area contributed by atoms with Crippen molar-refractivity contribution in [3.63, 3.8) is 0 Å². The van der Waals surface area contributed by atoms with Crippen LogP contribution in [0.25, 0.3) is 0 Å². The summed E-state index contributed by atoms with van der Waals surface area (Å²) in [6, 6.07) is 0. The van der Waals surface area contributed by atoms with E-state index in [2.05, 4.69) is 10.1 Å². The van der Waals surface area contributed by atoms with Crippen molar-refractivity contribution in [2.45, 2.75) is 25.8 Å². The maximum Gasteiger partial charge on any atom is 0.308 e. The first kappa shape index (κ1) is 13.5. The van der Waals surface area contributed by atoms with Gasteiger partial charge in [-0.15, -0.1) is 0 Å². The fraction of sp³-hybridized carbons (Fsp3) is 0.667. The summed E-state index contributed by atoms with van der Waals surface area (Å²) in [6.45, 7) is 1.78. The summed E-state index contributed by atoms with van der Waals surface area (Å²) in [5, 5.41) is 3.95. The molecule has 0 aliphatic carbocycles. The van der Waals surface area contributed by atoms with Gasteiger partial charge in [-0.05, 0) is 12.8 Å². The second-order valence-corrected chi connectivity index (χ2v) is 4.59. The summed E-state index contributed by atoms with van der Waals surface area (Å²) in [5.74, 6) is -0.141. The van der Waals surface area contributed by atoms with Crippen LogP contribution >= 0.6 is 0 Å². The van der Waals surface area contributed by atoms with Gasteiger partial charge in [-0.2, -0.15) is 5.10 Å². The van der Waals surface area contributed by atoms with Crippen LogP contribution in [0.5, 0.6) is 0 Å². The molecule has 1 aromatic heterocycles. The number of carbonyl (C=O) groups is 2. The smallest absolute Gasteiger partial charge is 0.308 e. The lowest BCUT2D eigenvalue weighted by atomic mass is 9.97. The minimum Gasteiger partial charge on any atom is -0.469 e. The Hall–Kier alpha value is -1.92. The average Bonchev–Trinajstić information content (AvgIpc) is 2.97. The summed E-state index contributed by atoms with van der Waals surface area (Å²) in [7, 11) is 1.40. The third-order valence-corrected chi connectivity index (χ3v) is 3.40. The van der Waals surface area contributed by atoms with Crippen molar-refractivity contribution in [2.75, 3.05) is 20.2 Å². The molecule has 7 heteroatoms. The Bertz CT molecular complexity index is 424. The van der Waals surface area contributed by atoms with Crippen LogP contribution in [-0.4, -0.2) is 51.7 Å². The van der Waals surface area contributed by atoms with E-state index in [0.29, 0.717) is 38.9 Å². The zero-order chi connectivity index (χ0) is 13.7. The molecule has 1 aromatic rings. The predicted molar refractivity (Wildman–Crippen MR) is 66.0 cm³/mol. The van der Waals surface area contributed by atoms with Gasteiger partial charge in [0.05, 0.1) is 19.6 Å². The van der Waals surface area contributed by atoms with Crippen LogP contribution in [0.2, 0.25) is 0 Å². The summed E-state index contributed by atoms with van der Waals surface area (Å²) < 4.78 is 6.36. The number of piperidine rings is 1. The van der Waals surface area contributed by atoms with Gasteiger partial charge in [-0.3, -0.25) is 14.3 Å². The number of ether oxygens (including phenoxy) is 1.